The van der Waals surface area contributed by atoms with Gasteiger partial charge in [0.25, 0.3) is 10.0 Å². The molecular formula is C22H18F3N3O3S. The largest absolute Gasteiger partial charge is 0.416 e. The van der Waals surface area contributed by atoms with E-state index >= 15 is 0 Å². The van der Waals surface area contributed by atoms with E-state index in [-0.39, 0.29) is 21.4 Å². The van der Waals surface area contributed by atoms with Crippen LogP contribution in [-0.2, 0) is 16.2 Å². The molecule has 0 saturated heterocycles. The van der Waals surface area contributed by atoms with Crippen LogP contribution in [-0.4, -0.2) is 37.2 Å². The first-order valence-corrected chi connectivity index (χ1v) is 10.7. The lowest BCUT2D eigenvalue weighted by molar-refractivity contribution is -0.137. The van der Waals surface area contributed by atoms with E-state index in [0.717, 1.165) is 29.8 Å². The van der Waals surface area contributed by atoms with E-state index in [4.69, 9.17) is 0 Å². The van der Waals surface area contributed by atoms with E-state index in [2.05, 4.69) is 0 Å². The van der Waals surface area contributed by atoms with E-state index in [9.17, 15) is 31.6 Å². The number of Topliss-reactive ketones (excluding diaryl/α,β-unsaturated/α-hetero) is 1. The van der Waals surface area contributed by atoms with Gasteiger partial charge in [0.05, 0.1) is 16.0 Å². The number of halogens is 3. The lowest BCUT2D eigenvalue weighted by Gasteiger charge is -2.13. The second-order valence-electron chi connectivity index (χ2n) is 7.33. The highest BCUT2D eigenvalue weighted by atomic mass is 32.2. The number of fused-ring (bicyclic) bond motifs is 1. The smallest absolute Gasteiger partial charge is 0.382 e. The molecule has 1 heterocycles. The van der Waals surface area contributed by atoms with Gasteiger partial charge in [0.1, 0.15) is 17.3 Å². The second kappa shape index (κ2) is 8.16. The highest BCUT2D eigenvalue weighted by Gasteiger charge is 2.33. The molecule has 0 atom stereocenters. The van der Waals surface area contributed by atoms with Crippen molar-refractivity contribution in [2.45, 2.75) is 18.0 Å². The Bertz CT molecular complexity index is 1380. The number of nitriles is 1. The minimum atomic E-state index is -4.65. The van der Waals surface area contributed by atoms with E-state index < -0.39 is 33.2 Å². The van der Waals surface area contributed by atoms with Crippen molar-refractivity contribution in [3.8, 4) is 6.07 Å². The monoisotopic (exact) mass is 461 g/mol. The van der Waals surface area contributed by atoms with Gasteiger partial charge in [0, 0.05) is 25.7 Å². The van der Waals surface area contributed by atoms with Crippen molar-refractivity contribution < 1.29 is 26.4 Å². The zero-order chi connectivity index (χ0) is 23.8. The molecule has 0 spiro atoms. The minimum absolute atomic E-state index is 0.0963. The first kappa shape index (κ1) is 23.1. The van der Waals surface area contributed by atoms with Crippen LogP contribution >= 0.6 is 0 Å². The molecule has 166 valence electrons. The van der Waals surface area contributed by atoms with Crippen molar-refractivity contribution in [2.75, 3.05) is 14.1 Å². The summed E-state index contributed by atoms with van der Waals surface area (Å²) >= 11 is 0. The highest BCUT2D eigenvalue weighted by Crippen LogP contribution is 2.34. The summed E-state index contributed by atoms with van der Waals surface area (Å²) in [5, 5.41) is 9.30. The molecule has 0 aliphatic rings. The lowest BCUT2D eigenvalue weighted by Crippen LogP contribution is -2.20. The van der Waals surface area contributed by atoms with Crippen LogP contribution in [0.1, 0.15) is 21.6 Å². The van der Waals surface area contributed by atoms with Gasteiger partial charge in [-0.2, -0.15) is 18.4 Å². The molecule has 0 fully saturated rings. The molecule has 10 heteroatoms. The molecule has 1 aromatic heterocycles. The van der Waals surface area contributed by atoms with E-state index in [1.807, 2.05) is 0 Å². The highest BCUT2D eigenvalue weighted by molar-refractivity contribution is 7.90. The predicted molar refractivity (Wildman–Crippen MR) is 112 cm³/mol. The maximum atomic E-state index is 13.4. The summed E-state index contributed by atoms with van der Waals surface area (Å²) in [6.45, 7) is 1.76. The molecule has 0 amide bonds. The fraction of sp³-hybridized carbons (Fsp3) is 0.182. The van der Waals surface area contributed by atoms with Gasteiger partial charge in [-0.15, -0.1) is 0 Å². The van der Waals surface area contributed by atoms with Crippen LogP contribution in [0.3, 0.4) is 0 Å². The molecular weight excluding hydrogens is 443 g/mol. The molecule has 0 saturated carbocycles. The fourth-order valence-corrected chi connectivity index (χ4v) is 4.64. The van der Waals surface area contributed by atoms with Crippen molar-refractivity contribution in [2.24, 2.45) is 0 Å². The Labute approximate surface area is 182 Å². The van der Waals surface area contributed by atoms with E-state index in [1.165, 1.54) is 23.2 Å². The number of benzene rings is 2. The quantitative estimate of drug-likeness (QED) is 0.320. The zero-order valence-electron chi connectivity index (χ0n) is 17.3. The van der Waals surface area contributed by atoms with Crippen molar-refractivity contribution in [3.05, 3.63) is 77.1 Å². The van der Waals surface area contributed by atoms with Gasteiger partial charge in [-0.1, -0.05) is 17.7 Å². The summed E-state index contributed by atoms with van der Waals surface area (Å²) in [7, 11) is -1.23. The van der Waals surface area contributed by atoms with Gasteiger partial charge in [-0.25, -0.2) is 12.4 Å². The molecule has 0 bridgehead atoms. The van der Waals surface area contributed by atoms with Crippen LogP contribution in [0.4, 0.5) is 13.2 Å². The zero-order valence-corrected chi connectivity index (χ0v) is 18.1. The molecule has 0 radical (unpaired) electrons. The van der Waals surface area contributed by atoms with Crippen LogP contribution in [0, 0.1) is 18.3 Å². The average molecular weight is 461 g/mol. The number of rotatable bonds is 5. The SMILES string of the molecule is Cc1ccc(S(=O)(=O)n2c(C(=O)/C(C#N)=C/N(C)C)cc3cc(C(F)(F)F)ccc32)cc1. The number of aryl methyl sites for hydroxylation is 1. The minimum Gasteiger partial charge on any atom is -0.382 e. The maximum absolute atomic E-state index is 13.4. The molecule has 0 unspecified atom stereocenters. The maximum Gasteiger partial charge on any atom is 0.416 e. The van der Waals surface area contributed by atoms with Gasteiger partial charge in [0.2, 0.25) is 5.78 Å². The van der Waals surface area contributed by atoms with E-state index in [0.29, 0.717) is 3.97 Å². The number of aromatic nitrogens is 1. The van der Waals surface area contributed by atoms with Crippen LogP contribution in [0.25, 0.3) is 10.9 Å². The summed E-state index contributed by atoms with van der Waals surface area (Å²) in [5.74, 6) is -0.929. The number of hydrogen-bond donors (Lipinski definition) is 0. The van der Waals surface area contributed by atoms with Gasteiger partial charge in [-0.3, -0.25) is 4.79 Å². The first-order valence-electron chi connectivity index (χ1n) is 9.24. The van der Waals surface area contributed by atoms with Crippen LogP contribution < -0.4 is 0 Å². The van der Waals surface area contributed by atoms with Crippen molar-refractivity contribution in [1.29, 1.82) is 5.26 Å². The van der Waals surface area contributed by atoms with Crippen molar-refractivity contribution >= 4 is 26.7 Å². The normalized spacial score (nSPS) is 12.6. The number of carbonyl (C=O) groups excluding carboxylic acids is 1. The van der Waals surface area contributed by atoms with Crippen LogP contribution in [0.15, 0.2) is 65.2 Å². The molecule has 0 N–H and O–H groups in total. The molecule has 3 rings (SSSR count). The number of nitrogens with zero attached hydrogens (tertiary/aromatic N) is 3. The summed E-state index contributed by atoms with van der Waals surface area (Å²) in [5.41, 5.74) is -1.10. The van der Waals surface area contributed by atoms with E-state index in [1.54, 1.807) is 39.2 Å². The third kappa shape index (κ3) is 4.24. The van der Waals surface area contributed by atoms with Crippen molar-refractivity contribution in [1.82, 2.24) is 8.87 Å². The summed E-state index contributed by atoms with van der Waals surface area (Å²) < 4.78 is 67.1. The Morgan fingerprint density at radius 1 is 1.09 bits per heavy atom. The topological polar surface area (TPSA) is 83.2 Å². The molecule has 0 aliphatic heterocycles. The molecule has 2 aromatic carbocycles. The summed E-state index contributed by atoms with van der Waals surface area (Å²) in [6.07, 6.45) is -3.44. The number of alkyl halides is 3. The average Bonchev–Trinajstić information content (AvgIpc) is 3.10. The van der Waals surface area contributed by atoms with Gasteiger partial charge >= 0.3 is 6.18 Å². The Morgan fingerprint density at radius 2 is 1.72 bits per heavy atom. The molecule has 6 nitrogen and oxygen atoms in total. The summed E-state index contributed by atoms with van der Waals surface area (Å²) in [4.78, 5) is 14.4. The molecule has 0 aliphatic carbocycles. The fourth-order valence-electron chi connectivity index (χ4n) is 3.13. The van der Waals surface area contributed by atoms with Gasteiger partial charge in [-0.05, 0) is 43.3 Å². The Morgan fingerprint density at radius 3 is 2.25 bits per heavy atom. The van der Waals surface area contributed by atoms with Gasteiger partial charge < -0.3 is 4.90 Å². The molecule has 32 heavy (non-hydrogen) atoms. The Hall–Kier alpha value is -3.58. The third-order valence-corrected chi connectivity index (χ3v) is 6.37. The van der Waals surface area contributed by atoms with Crippen LogP contribution in [0.5, 0.6) is 0 Å². The number of allylic oxidation sites excluding steroid dienone is 1. The Kier molecular flexibility index (Phi) is 5.89. The van der Waals surface area contributed by atoms with Crippen LogP contribution in [0.2, 0.25) is 0 Å². The second-order valence-corrected chi connectivity index (χ2v) is 9.12. The lowest BCUT2D eigenvalue weighted by atomic mass is 10.1. The predicted octanol–water partition coefficient (Wildman–Crippen LogP) is 4.36. The van der Waals surface area contributed by atoms with Gasteiger partial charge in [0.15, 0.2) is 0 Å². The number of hydrogen-bond acceptors (Lipinski definition) is 5. The van der Waals surface area contributed by atoms with Crippen molar-refractivity contribution in [3.63, 3.8) is 0 Å². The first-order chi connectivity index (χ1) is 14.9. The standard InChI is InChI=1S/C22H18F3N3O3S/c1-14-4-7-18(8-5-14)32(30,31)28-19-9-6-17(22(23,24)25)10-15(19)11-20(28)21(29)16(12-26)13-27(2)3/h4-11,13H,1-3H3/b16-13+. The number of ketones is 1. The third-order valence-electron chi connectivity index (χ3n) is 4.63. The summed E-state index contributed by atoms with van der Waals surface area (Å²) in [6, 6.07) is 11.1. The Balaban J connectivity index is 2.36. The molecule has 3 aromatic rings. The number of carbonyl (C=O) groups is 1.